The number of nitriles is 1. The monoisotopic (exact) mass is 516 g/mol. The number of hydrogen-bond acceptors (Lipinski definition) is 1. The van der Waals surface area contributed by atoms with Crippen molar-refractivity contribution in [2.75, 3.05) is 0 Å². The number of rotatable bonds is 6. The highest BCUT2D eigenvalue weighted by molar-refractivity contribution is 5.90. The fourth-order valence-electron chi connectivity index (χ4n) is 3.85. The number of allylic oxidation sites excluding steroid dienone is 1. The normalized spacial score (nSPS) is 12.3. The Hall–Kier alpha value is -5.13. The van der Waals surface area contributed by atoms with Gasteiger partial charge in [-0.15, -0.1) is 0 Å². The topological polar surface area (TPSA) is 28.1 Å². The zero-order valence-corrected chi connectivity index (χ0v) is 21.1. The number of benzene rings is 4. The third kappa shape index (κ3) is 7.22. The minimum Gasteiger partial charge on any atom is -0.238 e. The van der Waals surface area contributed by atoms with Crippen LogP contribution in [0.2, 0.25) is 0 Å². The van der Waals surface area contributed by atoms with E-state index >= 15 is 0 Å². The van der Waals surface area contributed by atoms with Gasteiger partial charge in [0.15, 0.2) is 5.70 Å². The van der Waals surface area contributed by atoms with Crippen LogP contribution in [0.25, 0.3) is 40.4 Å². The number of hydrogen-bond donors (Lipinski definition) is 0. The summed E-state index contributed by atoms with van der Waals surface area (Å²) in [5.74, 6) is 0. The summed E-state index contributed by atoms with van der Waals surface area (Å²) < 4.78 is 38.4. The van der Waals surface area contributed by atoms with Gasteiger partial charge in [-0.25, -0.2) is 4.85 Å². The molecular formula is C34H23F3N2. The first-order valence-corrected chi connectivity index (χ1v) is 12.1. The lowest BCUT2D eigenvalue weighted by Gasteiger charge is -2.07. The van der Waals surface area contributed by atoms with Gasteiger partial charge < -0.3 is 0 Å². The van der Waals surface area contributed by atoms with E-state index in [1.165, 1.54) is 12.1 Å². The molecule has 0 N–H and O–H groups in total. The van der Waals surface area contributed by atoms with Crippen LogP contribution >= 0.6 is 0 Å². The van der Waals surface area contributed by atoms with Gasteiger partial charge in [0.1, 0.15) is 0 Å². The Morgan fingerprint density at radius 1 is 0.692 bits per heavy atom. The Bertz CT molecular complexity index is 1610. The lowest BCUT2D eigenvalue weighted by molar-refractivity contribution is -0.137. The number of nitrogens with zero attached hydrogens (tertiary/aromatic N) is 2. The molecule has 0 aliphatic rings. The van der Waals surface area contributed by atoms with Gasteiger partial charge in [0.05, 0.1) is 23.8 Å². The number of aryl methyl sites for hydroxylation is 1. The van der Waals surface area contributed by atoms with E-state index in [9.17, 15) is 18.4 Å². The van der Waals surface area contributed by atoms with Crippen molar-refractivity contribution >= 4 is 35.6 Å². The third-order valence-corrected chi connectivity index (χ3v) is 6.07. The molecule has 0 saturated carbocycles. The summed E-state index contributed by atoms with van der Waals surface area (Å²) in [6.07, 6.45) is 3.06. The van der Waals surface area contributed by atoms with E-state index in [0.717, 1.165) is 45.5 Å². The van der Waals surface area contributed by atoms with Crippen molar-refractivity contribution in [2.45, 2.75) is 13.1 Å². The molecule has 190 valence electrons. The Morgan fingerprint density at radius 2 is 1.15 bits per heavy atom. The van der Waals surface area contributed by atoms with Crippen LogP contribution in [0.3, 0.4) is 0 Å². The Kier molecular flexibility index (Phi) is 8.24. The molecule has 0 aliphatic heterocycles. The van der Waals surface area contributed by atoms with Gasteiger partial charge in [-0.2, -0.15) is 18.4 Å². The Labute approximate surface area is 226 Å². The number of halogens is 3. The summed E-state index contributed by atoms with van der Waals surface area (Å²) >= 11 is 0. The zero-order chi connectivity index (χ0) is 27.8. The molecule has 39 heavy (non-hydrogen) atoms. The van der Waals surface area contributed by atoms with Crippen LogP contribution in [0.4, 0.5) is 13.2 Å². The first kappa shape index (κ1) is 26.9. The molecule has 0 fully saturated rings. The summed E-state index contributed by atoms with van der Waals surface area (Å²) in [7, 11) is 0. The van der Waals surface area contributed by atoms with Crippen LogP contribution in [0, 0.1) is 24.8 Å². The van der Waals surface area contributed by atoms with E-state index < -0.39 is 11.7 Å². The van der Waals surface area contributed by atoms with Crippen molar-refractivity contribution in [3.63, 3.8) is 0 Å². The zero-order valence-electron chi connectivity index (χ0n) is 21.1. The van der Waals surface area contributed by atoms with Gasteiger partial charge >= 0.3 is 6.18 Å². The average Bonchev–Trinajstić information content (AvgIpc) is 2.95. The molecule has 0 radical (unpaired) electrons. The quantitative estimate of drug-likeness (QED) is 0.142. The molecule has 4 aromatic carbocycles. The van der Waals surface area contributed by atoms with E-state index in [0.29, 0.717) is 11.1 Å². The molecule has 0 atom stereocenters. The molecular weight excluding hydrogens is 493 g/mol. The SMILES string of the molecule is [C-]#[N+]/C(=C\c1ccc(/C=C/c2ccc(/C=C(\C#N)c3ccc(C)cc3)cc2)cc1)c1ccc(C(F)(F)F)cc1. The van der Waals surface area contributed by atoms with Gasteiger partial charge in [0, 0.05) is 0 Å². The summed E-state index contributed by atoms with van der Waals surface area (Å²) in [6, 6.07) is 30.2. The third-order valence-electron chi connectivity index (χ3n) is 6.07. The standard InChI is InChI=1S/C34H23F3N2/c1-24-3-15-29(16-4-24)31(23-38)21-27-11-7-25(8-12-27)5-6-26-9-13-28(14-10-26)22-33(39-2)30-17-19-32(20-18-30)34(35,36)37/h3-22H,1H3/b6-5+,31-21+,33-22-. The Morgan fingerprint density at radius 3 is 1.62 bits per heavy atom. The number of alkyl halides is 3. The maximum absolute atomic E-state index is 12.8. The van der Waals surface area contributed by atoms with E-state index in [-0.39, 0.29) is 5.70 Å². The van der Waals surface area contributed by atoms with Gasteiger partial charge in [-0.1, -0.05) is 115 Å². The van der Waals surface area contributed by atoms with E-state index in [1.54, 1.807) is 6.08 Å². The smallest absolute Gasteiger partial charge is 0.238 e. The maximum Gasteiger partial charge on any atom is 0.416 e. The molecule has 0 saturated heterocycles. The highest BCUT2D eigenvalue weighted by Gasteiger charge is 2.30. The average molecular weight is 517 g/mol. The second kappa shape index (κ2) is 11.9. The van der Waals surface area contributed by atoms with Crippen LogP contribution in [0.5, 0.6) is 0 Å². The lowest BCUT2D eigenvalue weighted by atomic mass is 10.0. The largest absolute Gasteiger partial charge is 0.416 e. The Balaban J connectivity index is 1.44. The van der Waals surface area contributed by atoms with Crippen molar-refractivity contribution in [2.24, 2.45) is 0 Å². The van der Waals surface area contributed by atoms with Gasteiger partial charge in [0.2, 0.25) is 0 Å². The lowest BCUT2D eigenvalue weighted by Crippen LogP contribution is -2.04. The molecule has 0 spiro atoms. The molecule has 0 aliphatic carbocycles. The first-order chi connectivity index (χ1) is 18.7. The predicted molar refractivity (Wildman–Crippen MR) is 152 cm³/mol. The minimum absolute atomic E-state index is 0.267. The minimum atomic E-state index is -4.41. The molecule has 4 aromatic rings. The summed E-state index contributed by atoms with van der Waals surface area (Å²) in [4.78, 5) is 3.49. The first-order valence-electron chi connectivity index (χ1n) is 12.1. The maximum atomic E-state index is 12.8. The van der Waals surface area contributed by atoms with Gasteiger partial charge in [-0.05, 0) is 52.5 Å². The second-order valence-electron chi connectivity index (χ2n) is 8.92. The van der Waals surface area contributed by atoms with Crippen molar-refractivity contribution < 1.29 is 13.2 Å². The molecule has 0 unspecified atom stereocenters. The highest BCUT2D eigenvalue weighted by atomic mass is 19.4. The molecule has 0 amide bonds. The summed E-state index contributed by atoms with van der Waals surface area (Å²) in [5.41, 5.74) is 6.25. The van der Waals surface area contributed by atoms with Crippen molar-refractivity contribution in [1.29, 1.82) is 5.26 Å². The molecule has 0 aromatic heterocycles. The highest BCUT2D eigenvalue weighted by Crippen LogP contribution is 2.30. The second-order valence-corrected chi connectivity index (χ2v) is 8.92. The van der Waals surface area contributed by atoms with E-state index in [4.69, 9.17) is 6.57 Å². The van der Waals surface area contributed by atoms with Crippen molar-refractivity contribution in [3.8, 4) is 6.07 Å². The molecule has 2 nitrogen and oxygen atoms in total. The predicted octanol–water partition coefficient (Wildman–Crippen LogP) is 9.67. The molecule has 5 heteroatoms. The van der Waals surface area contributed by atoms with Crippen LogP contribution in [-0.2, 0) is 6.18 Å². The van der Waals surface area contributed by atoms with Crippen molar-refractivity contribution in [1.82, 2.24) is 0 Å². The van der Waals surface area contributed by atoms with Crippen LogP contribution in [0.1, 0.15) is 44.5 Å². The molecule has 4 rings (SSSR count). The summed E-state index contributed by atoms with van der Waals surface area (Å²) in [5, 5.41) is 9.57. The molecule has 0 bridgehead atoms. The molecule has 0 heterocycles. The van der Waals surface area contributed by atoms with Crippen LogP contribution in [-0.4, -0.2) is 0 Å². The van der Waals surface area contributed by atoms with E-state index in [2.05, 4.69) is 10.9 Å². The van der Waals surface area contributed by atoms with Crippen LogP contribution in [0.15, 0.2) is 97.1 Å². The fourth-order valence-corrected chi connectivity index (χ4v) is 3.85. The fraction of sp³-hybridized carbons (Fsp3) is 0.0588. The van der Waals surface area contributed by atoms with Crippen molar-refractivity contribution in [3.05, 3.63) is 153 Å². The van der Waals surface area contributed by atoms with Crippen LogP contribution < -0.4 is 0 Å². The summed E-state index contributed by atoms with van der Waals surface area (Å²) in [6.45, 7) is 9.46. The van der Waals surface area contributed by atoms with E-state index in [1.807, 2.05) is 97.9 Å². The van der Waals surface area contributed by atoms with Gasteiger partial charge in [0.25, 0.3) is 0 Å². The van der Waals surface area contributed by atoms with Gasteiger partial charge in [-0.3, -0.25) is 0 Å².